The van der Waals surface area contributed by atoms with Gasteiger partial charge in [0.25, 0.3) is 0 Å². The minimum Gasteiger partial charge on any atom is -0.307 e. The lowest BCUT2D eigenvalue weighted by Crippen LogP contribution is -2.36. The molecule has 2 aromatic carbocycles. The molecule has 148 valence electrons. The number of anilines is 1. The fourth-order valence-electron chi connectivity index (χ4n) is 2.91. The first kappa shape index (κ1) is 20.3. The van der Waals surface area contributed by atoms with Gasteiger partial charge < -0.3 is 5.32 Å². The number of hydrogen-bond acceptors (Lipinski definition) is 3. The molecule has 0 bridgehead atoms. The molecule has 0 aromatic heterocycles. The van der Waals surface area contributed by atoms with Crippen LogP contribution in [0.5, 0.6) is 0 Å². The van der Waals surface area contributed by atoms with Crippen molar-refractivity contribution in [2.75, 3.05) is 11.9 Å². The summed E-state index contributed by atoms with van der Waals surface area (Å²) in [5.41, 5.74) is 2.07. The van der Waals surface area contributed by atoms with Crippen LogP contribution in [0.2, 0.25) is 0 Å². The summed E-state index contributed by atoms with van der Waals surface area (Å²) in [4.78, 5) is 18.9. The molecule has 0 aliphatic carbocycles. The third-order valence-corrected chi connectivity index (χ3v) is 5.38. The highest BCUT2D eigenvalue weighted by molar-refractivity contribution is 8.14. The first-order valence-corrected chi connectivity index (χ1v) is 9.60. The van der Waals surface area contributed by atoms with Gasteiger partial charge in [-0.1, -0.05) is 43.0 Å². The number of rotatable bonds is 2. The molecular weight excluding hydrogens is 387 g/mol. The number of aliphatic imine (C=N–C) groups is 1. The Labute approximate surface area is 165 Å². The van der Waals surface area contributed by atoms with Crippen LogP contribution in [0.4, 0.5) is 29.3 Å². The van der Waals surface area contributed by atoms with Gasteiger partial charge in [-0.3, -0.25) is 4.90 Å². The molecule has 2 aromatic rings. The summed E-state index contributed by atoms with van der Waals surface area (Å²) < 4.78 is 38.7. The van der Waals surface area contributed by atoms with Gasteiger partial charge in [0, 0.05) is 17.5 Å². The van der Waals surface area contributed by atoms with Crippen molar-refractivity contribution in [3.63, 3.8) is 0 Å². The molecule has 2 amide bonds. The van der Waals surface area contributed by atoms with Gasteiger partial charge in [-0.05, 0) is 43.2 Å². The minimum atomic E-state index is -4.46. The first-order chi connectivity index (χ1) is 13.1. The van der Waals surface area contributed by atoms with E-state index in [0.29, 0.717) is 11.7 Å². The Morgan fingerprint density at radius 3 is 2.46 bits per heavy atom. The number of para-hydroxylation sites is 1. The maximum absolute atomic E-state index is 12.9. The lowest BCUT2D eigenvalue weighted by Gasteiger charge is -2.18. The van der Waals surface area contributed by atoms with Crippen molar-refractivity contribution < 1.29 is 18.0 Å². The second kappa shape index (κ2) is 7.87. The molecule has 1 N–H and O–H groups in total. The highest BCUT2D eigenvalue weighted by Gasteiger charge is 2.33. The molecule has 8 heteroatoms. The topological polar surface area (TPSA) is 44.7 Å². The summed E-state index contributed by atoms with van der Waals surface area (Å²) in [6, 6.07) is 9.93. The van der Waals surface area contributed by atoms with Crippen LogP contribution < -0.4 is 5.32 Å². The lowest BCUT2D eigenvalue weighted by atomic mass is 10.1. The van der Waals surface area contributed by atoms with Gasteiger partial charge in [0.05, 0.1) is 11.3 Å². The van der Waals surface area contributed by atoms with Gasteiger partial charge in [-0.2, -0.15) is 13.2 Å². The predicted molar refractivity (Wildman–Crippen MR) is 107 cm³/mol. The van der Waals surface area contributed by atoms with Gasteiger partial charge in [0.2, 0.25) is 0 Å². The lowest BCUT2D eigenvalue weighted by molar-refractivity contribution is -0.137. The zero-order chi connectivity index (χ0) is 20.5. The van der Waals surface area contributed by atoms with E-state index in [2.05, 4.69) is 10.3 Å². The maximum atomic E-state index is 12.9. The third kappa shape index (κ3) is 4.49. The van der Waals surface area contributed by atoms with Gasteiger partial charge in [0.1, 0.15) is 0 Å². The number of carbonyl (C=O) groups is 1. The Balaban J connectivity index is 1.85. The highest BCUT2D eigenvalue weighted by Crippen LogP contribution is 2.33. The molecule has 1 saturated heterocycles. The Kier molecular flexibility index (Phi) is 5.69. The van der Waals surface area contributed by atoms with Gasteiger partial charge >= 0.3 is 12.2 Å². The molecule has 1 aliphatic rings. The average Bonchev–Trinajstić information content (AvgIpc) is 2.98. The van der Waals surface area contributed by atoms with E-state index >= 15 is 0 Å². The fraction of sp³-hybridized carbons (Fsp3) is 0.300. The Bertz CT molecular complexity index is 907. The number of benzene rings is 2. The quantitative estimate of drug-likeness (QED) is 0.666. The number of urea groups is 1. The number of carbonyl (C=O) groups excluding carboxylic acids is 1. The molecule has 1 heterocycles. The number of aryl methyl sites for hydroxylation is 2. The van der Waals surface area contributed by atoms with Crippen LogP contribution in [-0.2, 0) is 6.18 Å². The Morgan fingerprint density at radius 2 is 1.82 bits per heavy atom. The number of nitrogens with zero attached hydrogens (tertiary/aromatic N) is 2. The molecule has 4 nitrogen and oxygen atoms in total. The van der Waals surface area contributed by atoms with Crippen LogP contribution >= 0.6 is 11.8 Å². The molecule has 3 rings (SSSR count). The standard InChI is InChI=1S/C20H20F3N3OS/c1-12-6-4-7-13(2)17(12)25-19-26(11-14(3)28-19)18(27)24-16-9-5-8-15(10-16)20(21,22)23/h4-10,14H,11H2,1-3H3,(H,24,27)/t14-/m0/s1. The van der Waals surface area contributed by atoms with Crippen LogP contribution in [0.1, 0.15) is 23.6 Å². The van der Waals surface area contributed by atoms with E-state index in [4.69, 9.17) is 0 Å². The third-order valence-electron chi connectivity index (χ3n) is 4.31. The zero-order valence-corrected chi connectivity index (χ0v) is 16.5. The largest absolute Gasteiger partial charge is 0.416 e. The number of amidine groups is 1. The molecule has 1 atom stereocenters. The number of alkyl halides is 3. The van der Waals surface area contributed by atoms with E-state index in [0.717, 1.165) is 28.9 Å². The van der Waals surface area contributed by atoms with Crippen molar-refractivity contribution in [1.82, 2.24) is 4.90 Å². The summed E-state index contributed by atoms with van der Waals surface area (Å²) in [5.74, 6) is 0. The molecular formula is C20H20F3N3OS. The average molecular weight is 407 g/mol. The SMILES string of the molecule is Cc1cccc(C)c1N=C1S[C@@H](C)CN1C(=O)Nc1cccc(C(F)(F)F)c1. The van der Waals surface area contributed by atoms with Crippen molar-refractivity contribution in [2.24, 2.45) is 4.99 Å². The molecule has 0 spiro atoms. The molecule has 28 heavy (non-hydrogen) atoms. The van der Waals surface area contributed by atoms with Gasteiger partial charge in [-0.25, -0.2) is 9.79 Å². The normalized spacial score (nSPS) is 18.6. The number of halogens is 3. The smallest absolute Gasteiger partial charge is 0.307 e. The fourth-order valence-corrected chi connectivity index (χ4v) is 3.93. The van der Waals surface area contributed by atoms with E-state index in [-0.39, 0.29) is 10.9 Å². The first-order valence-electron chi connectivity index (χ1n) is 8.72. The van der Waals surface area contributed by atoms with E-state index in [1.807, 2.05) is 39.0 Å². The second-order valence-corrected chi connectivity index (χ2v) is 8.09. The Hall–Kier alpha value is -2.48. The van der Waals surface area contributed by atoms with Gasteiger partial charge in [0.15, 0.2) is 5.17 Å². The van der Waals surface area contributed by atoms with Crippen molar-refractivity contribution in [3.05, 3.63) is 59.2 Å². The van der Waals surface area contributed by atoms with Crippen LogP contribution in [0.3, 0.4) is 0 Å². The van der Waals surface area contributed by atoms with Crippen LogP contribution in [0.15, 0.2) is 47.5 Å². The molecule has 1 fully saturated rings. The number of amides is 2. The Morgan fingerprint density at radius 1 is 1.18 bits per heavy atom. The maximum Gasteiger partial charge on any atom is 0.416 e. The molecule has 0 unspecified atom stereocenters. The zero-order valence-electron chi connectivity index (χ0n) is 15.7. The van der Waals surface area contributed by atoms with Crippen molar-refractivity contribution >= 4 is 34.3 Å². The van der Waals surface area contributed by atoms with E-state index in [9.17, 15) is 18.0 Å². The van der Waals surface area contributed by atoms with E-state index in [1.165, 1.54) is 28.8 Å². The summed E-state index contributed by atoms with van der Waals surface area (Å²) in [6.45, 7) is 6.30. The minimum absolute atomic E-state index is 0.0933. The van der Waals surface area contributed by atoms with Crippen LogP contribution in [0.25, 0.3) is 0 Å². The number of thioether (sulfide) groups is 1. The molecule has 1 aliphatic heterocycles. The number of hydrogen-bond donors (Lipinski definition) is 1. The monoisotopic (exact) mass is 407 g/mol. The predicted octanol–water partition coefficient (Wildman–Crippen LogP) is 5.98. The van der Waals surface area contributed by atoms with Crippen molar-refractivity contribution in [2.45, 2.75) is 32.2 Å². The molecule has 0 radical (unpaired) electrons. The molecule has 0 saturated carbocycles. The summed E-state index contributed by atoms with van der Waals surface area (Å²) in [5, 5.41) is 3.23. The highest BCUT2D eigenvalue weighted by atomic mass is 32.2. The van der Waals surface area contributed by atoms with Crippen molar-refractivity contribution in [3.8, 4) is 0 Å². The summed E-state index contributed by atoms with van der Waals surface area (Å²) in [6.07, 6.45) is -4.46. The van der Waals surface area contributed by atoms with E-state index < -0.39 is 17.8 Å². The number of nitrogens with one attached hydrogen (secondary N) is 1. The van der Waals surface area contributed by atoms with Crippen molar-refractivity contribution in [1.29, 1.82) is 0 Å². The van der Waals surface area contributed by atoms with Gasteiger partial charge in [-0.15, -0.1) is 0 Å². The summed E-state index contributed by atoms with van der Waals surface area (Å²) >= 11 is 1.47. The van der Waals surface area contributed by atoms with Crippen LogP contribution in [0, 0.1) is 13.8 Å². The van der Waals surface area contributed by atoms with Crippen LogP contribution in [-0.4, -0.2) is 27.9 Å². The summed E-state index contributed by atoms with van der Waals surface area (Å²) in [7, 11) is 0. The second-order valence-electron chi connectivity index (χ2n) is 6.68. The van der Waals surface area contributed by atoms with E-state index in [1.54, 1.807) is 0 Å².